The van der Waals surface area contributed by atoms with Crippen molar-refractivity contribution in [2.75, 3.05) is 19.0 Å². The van der Waals surface area contributed by atoms with Gasteiger partial charge in [-0.1, -0.05) is 11.6 Å². The summed E-state index contributed by atoms with van der Waals surface area (Å²) in [5.41, 5.74) is 0.849. The predicted molar refractivity (Wildman–Crippen MR) is 110 cm³/mol. The minimum atomic E-state index is -1.14. The first-order valence-corrected chi connectivity index (χ1v) is 9.53. The highest BCUT2D eigenvalue weighted by atomic mass is 35.5. The number of aromatic amines is 1. The number of aromatic nitrogens is 1. The molecule has 2 amide bonds. The molecule has 1 aliphatic rings. The maximum atomic E-state index is 14.0. The molecule has 0 aliphatic carbocycles. The highest BCUT2D eigenvalue weighted by Gasteiger charge is 2.31. The lowest BCUT2D eigenvalue weighted by atomic mass is 9.95. The Hall–Kier alpha value is -3.48. The maximum Gasteiger partial charge on any atom is 0.322 e. The number of likely N-dealkylation sites (N-methyl/N-ethyl adjacent to an activating group) is 1. The van der Waals surface area contributed by atoms with Crippen LogP contribution in [0, 0.1) is 23.0 Å². The summed E-state index contributed by atoms with van der Waals surface area (Å²) in [6.45, 7) is 0.148. The van der Waals surface area contributed by atoms with E-state index in [9.17, 15) is 18.4 Å². The van der Waals surface area contributed by atoms with E-state index in [1.165, 1.54) is 24.1 Å². The van der Waals surface area contributed by atoms with Crippen LogP contribution in [0.5, 0.6) is 0 Å². The molecule has 1 aliphatic heterocycles. The Balaban J connectivity index is 1.73. The zero-order valence-electron chi connectivity index (χ0n) is 16.1. The minimum absolute atomic E-state index is 0.0188. The number of benzene rings is 2. The number of rotatable bonds is 2. The van der Waals surface area contributed by atoms with Gasteiger partial charge in [0.15, 0.2) is 11.6 Å². The number of carbonyl (C=O) groups excluding carboxylic acids is 1. The number of H-pyrrole nitrogens is 1. The molecule has 0 fully saturated rings. The van der Waals surface area contributed by atoms with E-state index in [2.05, 4.69) is 10.3 Å². The number of fused-ring (bicyclic) bond motifs is 3. The Bertz CT molecular complexity index is 1320. The lowest BCUT2D eigenvalue weighted by Crippen LogP contribution is -2.39. The van der Waals surface area contributed by atoms with Gasteiger partial charge in [-0.15, -0.1) is 0 Å². The molecule has 10 heteroatoms. The van der Waals surface area contributed by atoms with Gasteiger partial charge in [0.1, 0.15) is 6.07 Å². The van der Waals surface area contributed by atoms with Gasteiger partial charge in [-0.3, -0.25) is 4.79 Å². The van der Waals surface area contributed by atoms with E-state index in [1.54, 1.807) is 6.07 Å². The molecule has 158 valence electrons. The molecule has 0 saturated heterocycles. The number of nitrogens with zero attached hydrogens (tertiary/aromatic N) is 2. The smallest absolute Gasteiger partial charge is 0.322 e. The fourth-order valence-corrected chi connectivity index (χ4v) is 3.75. The normalized spacial score (nSPS) is 15.3. The Morgan fingerprint density at radius 2 is 2.00 bits per heavy atom. The van der Waals surface area contributed by atoms with Crippen LogP contribution in [0.1, 0.15) is 22.9 Å². The summed E-state index contributed by atoms with van der Waals surface area (Å²) in [4.78, 5) is 29.2. The molecule has 2 heterocycles. The van der Waals surface area contributed by atoms with E-state index < -0.39 is 29.3 Å². The van der Waals surface area contributed by atoms with E-state index in [0.717, 1.165) is 12.1 Å². The van der Waals surface area contributed by atoms with Crippen molar-refractivity contribution in [2.24, 2.45) is 0 Å². The quantitative estimate of drug-likeness (QED) is 0.622. The van der Waals surface area contributed by atoms with Crippen molar-refractivity contribution in [3.05, 3.63) is 74.2 Å². The third-order valence-electron chi connectivity index (χ3n) is 5.17. The molecule has 4 rings (SSSR count). The number of nitrogens with one attached hydrogen (secondary N) is 2. The molecule has 0 spiro atoms. The van der Waals surface area contributed by atoms with Crippen molar-refractivity contribution in [3.63, 3.8) is 0 Å². The molecule has 1 atom stereocenters. The molecule has 0 saturated carbocycles. The largest absolute Gasteiger partial charge is 0.373 e. The molecule has 31 heavy (non-hydrogen) atoms. The molecule has 0 unspecified atom stereocenters. The first-order chi connectivity index (χ1) is 14.8. The summed E-state index contributed by atoms with van der Waals surface area (Å²) in [7, 11) is 1.51. The van der Waals surface area contributed by atoms with Crippen LogP contribution in [0.15, 0.2) is 35.1 Å². The van der Waals surface area contributed by atoms with Crippen molar-refractivity contribution in [3.8, 4) is 6.07 Å². The number of hydrogen-bond donors (Lipinski definition) is 2. The Morgan fingerprint density at radius 1 is 1.29 bits per heavy atom. The standard InChI is InChI=1S/C21H15ClF2N4O3/c1-28(21(30)26-11-2-3-14(22)10(4-11)7-25)18-9-31-8-17-19(18)12-5-15(23)16(24)6-13(12)20(29)27-17/h2-6,18H,8-9H2,1H3,(H,26,30)(H,27,29)/t18-/m1/s1. The third kappa shape index (κ3) is 3.71. The van der Waals surface area contributed by atoms with Crippen LogP contribution in [0.2, 0.25) is 5.02 Å². The van der Waals surface area contributed by atoms with Gasteiger partial charge in [0.2, 0.25) is 0 Å². The summed E-state index contributed by atoms with van der Waals surface area (Å²) in [6, 6.07) is 6.99. The molecule has 3 aromatic rings. The van der Waals surface area contributed by atoms with Crippen LogP contribution in [-0.4, -0.2) is 29.6 Å². The molecular weight excluding hydrogens is 430 g/mol. The SMILES string of the molecule is CN(C(=O)Nc1ccc(Cl)c(C#N)c1)[C@@H]1COCc2[nH]c(=O)c3cc(F)c(F)cc3c21. The van der Waals surface area contributed by atoms with E-state index in [-0.39, 0.29) is 34.6 Å². The summed E-state index contributed by atoms with van der Waals surface area (Å²) in [5, 5.41) is 12.2. The van der Waals surface area contributed by atoms with Crippen LogP contribution in [-0.2, 0) is 11.3 Å². The lowest BCUT2D eigenvalue weighted by molar-refractivity contribution is 0.0527. The number of pyridine rings is 1. The molecule has 2 aromatic carbocycles. The van der Waals surface area contributed by atoms with Gasteiger partial charge in [-0.2, -0.15) is 5.26 Å². The number of urea groups is 1. The highest BCUT2D eigenvalue weighted by molar-refractivity contribution is 6.31. The fraction of sp³-hybridized carbons (Fsp3) is 0.190. The van der Waals surface area contributed by atoms with Crippen molar-refractivity contribution in [1.29, 1.82) is 5.26 Å². The summed E-state index contributed by atoms with van der Waals surface area (Å²) < 4.78 is 33.2. The number of anilines is 1. The van der Waals surface area contributed by atoms with Crippen molar-refractivity contribution in [1.82, 2.24) is 9.88 Å². The summed E-state index contributed by atoms with van der Waals surface area (Å²) in [5.74, 6) is -2.23. The molecular formula is C21H15ClF2N4O3. The molecule has 2 N–H and O–H groups in total. The second-order valence-electron chi connectivity index (χ2n) is 7.04. The number of carbonyl (C=O) groups is 1. The zero-order chi connectivity index (χ0) is 22.3. The number of nitriles is 1. The topological polar surface area (TPSA) is 98.2 Å². The van der Waals surface area contributed by atoms with E-state index in [1.807, 2.05) is 6.07 Å². The predicted octanol–water partition coefficient (Wildman–Crippen LogP) is 4.07. The van der Waals surface area contributed by atoms with Gasteiger partial charge in [0.05, 0.1) is 35.2 Å². The highest BCUT2D eigenvalue weighted by Crippen LogP contribution is 2.34. The van der Waals surface area contributed by atoms with Crippen LogP contribution in [0.3, 0.4) is 0 Å². The number of halogens is 3. The van der Waals surface area contributed by atoms with Gasteiger partial charge in [-0.25, -0.2) is 13.6 Å². The van der Waals surface area contributed by atoms with Crippen molar-refractivity contribution >= 4 is 34.1 Å². The van der Waals surface area contributed by atoms with Crippen LogP contribution < -0.4 is 10.9 Å². The molecule has 7 nitrogen and oxygen atoms in total. The second-order valence-corrected chi connectivity index (χ2v) is 7.44. The Morgan fingerprint density at radius 3 is 2.71 bits per heavy atom. The Labute approximate surface area is 179 Å². The van der Waals surface area contributed by atoms with Gasteiger partial charge in [-0.05, 0) is 35.7 Å². The third-order valence-corrected chi connectivity index (χ3v) is 5.50. The average molecular weight is 445 g/mol. The monoisotopic (exact) mass is 444 g/mol. The number of hydrogen-bond acceptors (Lipinski definition) is 4. The average Bonchev–Trinajstić information content (AvgIpc) is 2.75. The van der Waals surface area contributed by atoms with Gasteiger partial charge >= 0.3 is 6.03 Å². The molecule has 1 aromatic heterocycles. The minimum Gasteiger partial charge on any atom is -0.373 e. The second kappa shape index (κ2) is 7.98. The zero-order valence-corrected chi connectivity index (χ0v) is 16.9. The Kier molecular flexibility index (Phi) is 5.35. The van der Waals surface area contributed by atoms with Crippen molar-refractivity contribution in [2.45, 2.75) is 12.6 Å². The van der Waals surface area contributed by atoms with Crippen LogP contribution in [0.25, 0.3) is 10.8 Å². The van der Waals surface area contributed by atoms with E-state index in [4.69, 9.17) is 21.6 Å². The molecule has 0 bridgehead atoms. The summed E-state index contributed by atoms with van der Waals surface area (Å²) >= 11 is 5.92. The lowest BCUT2D eigenvalue weighted by Gasteiger charge is -2.33. The van der Waals surface area contributed by atoms with Gasteiger partial charge in [0, 0.05) is 24.0 Å². The van der Waals surface area contributed by atoms with Crippen LogP contribution in [0.4, 0.5) is 19.3 Å². The number of amides is 2. The van der Waals surface area contributed by atoms with E-state index >= 15 is 0 Å². The fourth-order valence-electron chi connectivity index (χ4n) is 3.59. The molecule has 0 radical (unpaired) electrons. The first-order valence-electron chi connectivity index (χ1n) is 9.15. The number of ether oxygens (including phenoxy) is 1. The van der Waals surface area contributed by atoms with Gasteiger partial charge in [0.25, 0.3) is 5.56 Å². The van der Waals surface area contributed by atoms with E-state index in [0.29, 0.717) is 16.9 Å². The van der Waals surface area contributed by atoms with Gasteiger partial charge < -0.3 is 19.9 Å². The first kappa shape index (κ1) is 20.8. The van der Waals surface area contributed by atoms with Crippen LogP contribution >= 0.6 is 11.6 Å². The maximum absolute atomic E-state index is 14.0. The summed E-state index contributed by atoms with van der Waals surface area (Å²) in [6.07, 6.45) is 0. The van der Waals surface area contributed by atoms with Crippen molar-refractivity contribution < 1.29 is 18.3 Å².